The number of aryl methyl sites for hydroxylation is 1. The van der Waals surface area contributed by atoms with E-state index >= 15 is 0 Å². The largest absolute Gasteiger partial charge is 0.493 e. The summed E-state index contributed by atoms with van der Waals surface area (Å²) in [5, 5.41) is 15.4. The molecule has 0 spiro atoms. The van der Waals surface area contributed by atoms with Crippen LogP contribution in [0.3, 0.4) is 0 Å². The van der Waals surface area contributed by atoms with Gasteiger partial charge in [0.2, 0.25) is 0 Å². The first kappa shape index (κ1) is 22.1. The number of hydrogen-bond acceptors (Lipinski definition) is 6. The summed E-state index contributed by atoms with van der Waals surface area (Å²) in [5.41, 5.74) is 0.702. The van der Waals surface area contributed by atoms with Gasteiger partial charge in [0, 0.05) is 38.0 Å². The summed E-state index contributed by atoms with van der Waals surface area (Å²) in [7, 11) is 2.93. The van der Waals surface area contributed by atoms with E-state index in [0.29, 0.717) is 26.1 Å². The van der Waals surface area contributed by atoms with Crippen LogP contribution in [0.1, 0.15) is 16.8 Å². The molecule has 1 aromatic heterocycles. The van der Waals surface area contributed by atoms with E-state index in [1.807, 2.05) is 36.5 Å². The van der Waals surface area contributed by atoms with E-state index < -0.39 is 10.8 Å². The van der Waals surface area contributed by atoms with Gasteiger partial charge in [-0.1, -0.05) is 18.2 Å². The normalized spacial score (nSPS) is 10.8. The van der Waals surface area contributed by atoms with Crippen LogP contribution in [0.5, 0.6) is 11.5 Å². The van der Waals surface area contributed by atoms with Crippen LogP contribution in [0.2, 0.25) is 0 Å². The maximum absolute atomic E-state index is 12.6. The first-order valence-electron chi connectivity index (χ1n) is 9.85. The topological polar surface area (TPSA) is 105 Å². The number of ether oxygens (including phenoxy) is 3. The number of hydrogen-bond donors (Lipinski definition) is 1. The van der Waals surface area contributed by atoms with Crippen LogP contribution in [0.25, 0.3) is 10.9 Å². The molecule has 9 heteroatoms. The molecule has 1 N–H and O–H groups in total. The van der Waals surface area contributed by atoms with Gasteiger partial charge in [0.1, 0.15) is 12.2 Å². The maximum Gasteiger partial charge on any atom is 0.286 e. The smallest absolute Gasteiger partial charge is 0.286 e. The molecule has 2 aromatic carbocycles. The molecule has 0 aliphatic rings. The summed E-state index contributed by atoms with van der Waals surface area (Å²) in [6.07, 6.45) is 2.68. The molecular weight excluding hydrogens is 402 g/mol. The number of benzene rings is 2. The molecule has 0 atom stereocenters. The minimum Gasteiger partial charge on any atom is -0.493 e. The molecule has 0 radical (unpaired) electrons. The first-order valence-corrected chi connectivity index (χ1v) is 9.85. The molecule has 164 valence electrons. The minimum atomic E-state index is -0.608. The highest BCUT2D eigenvalue weighted by Gasteiger charge is 2.24. The van der Waals surface area contributed by atoms with Crippen molar-refractivity contribution in [1.29, 1.82) is 0 Å². The summed E-state index contributed by atoms with van der Waals surface area (Å²) in [6.45, 7) is 1.60. The number of methoxy groups -OCH3 is 2. The second-order valence-electron chi connectivity index (χ2n) is 6.80. The summed E-state index contributed by atoms with van der Waals surface area (Å²) in [5.74, 6) is -0.112. The summed E-state index contributed by atoms with van der Waals surface area (Å²) in [4.78, 5) is 23.6. The zero-order chi connectivity index (χ0) is 22.2. The molecule has 0 fully saturated rings. The van der Waals surface area contributed by atoms with E-state index in [4.69, 9.17) is 14.2 Å². The Balaban J connectivity index is 1.66. The molecule has 0 aliphatic heterocycles. The van der Waals surface area contributed by atoms with E-state index in [9.17, 15) is 14.9 Å². The van der Waals surface area contributed by atoms with Gasteiger partial charge in [-0.2, -0.15) is 0 Å². The molecule has 3 aromatic rings. The lowest BCUT2D eigenvalue weighted by molar-refractivity contribution is -0.385. The zero-order valence-corrected chi connectivity index (χ0v) is 17.5. The molecule has 1 amide bonds. The molecular formula is C22H25N3O6. The lowest BCUT2D eigenvalue weighted by atomic mass is 10.1. The van der Waals surface area contributed by atoms with Gasteiger partial charge in [-0.05, 0) is 23.9 Å². The third-order valence-electron chi connectivity index (χ3n) is 4.81. The molecule has 9 nitrogen and oxygen atoms in total. The Kier molecular flexibility index (Phi) is 7.45. The molecule has 31 heavy (non-hydrogen) atoms. The standard InChI is InChI=1S/C22H25N3O6/c1-29-12-13-31-21-15-19(25(27)28)17(14-20(21)30-2)22(26)23-9-5-10-24-11-8-16-6-3-4-7-18(16)24/h3-4,6-8,11,14-15H,5,9-10,12-13H2,1-2H3,(H,23,26). The van der Waals surface area contributed by atoms with E-state index in [-0.39, 0.29) is 29.4 Å². The van der Waals surface area contributed by atoms with Crippen LogP contribution >= 0.6 is 0 Å². The number of nitrogens with one attached hydrogen (secondary N) is 1. The third-order valence-corrected chi connectivity index (χ3v) is 4.81. The molecule has 1 heterocycles. The van der Waals surface area contributed by atoms with Crippen molar-refractivity contribution in [2.45, 2.75) is 13.0 Å². The Morgan fingerprint density at radius 1 is 1.13 bits per heavy atom. The van der Waals surface area contributed by atoms with Crippen LogP contribution in [0.4, 0.5) is 5.69 Å². The maximum atomic E-state index is 12.6. The highest BCUT2D eigenvalue weighted by Crippen LogP contribution is 2.34. The van der Waals surface area contributed by atoms with Gasteiger partial charge < -0.3 is 24.1 Å². The highest BCUT2D eigenvalue weighted by molar-refractivity contribution is 5.99. The predicted octanol–water partition coefficient (Wildman–Crippen LogP) is 3.40. The third kappa shape index (κ3) is 5.32. The summed E-state index contributed by atoms with van der Waals surface area (Å²) >= 11 is 0. The van der Waals surface area contributed by atoms with Crippen molar-refractivity contribution < 1.29 is 23.9 Å². The minimum absolute atomic E-state index is 0.0765. The monoisotopic (exact) mass is 427 g/mol. The van der Waals surface area contributed by atoms with E-state index in [0.717, 1.165) is 10.9 Å². The summed E-state index contributed by atoms with van der Waals surface area (Å²) in [6, 6.07) is 12.6. The molecule has 0 bridgehead atoms. The summed E-state index contributed by atoms with van der Waals surface area (Å²) < 4.78 is 17.8. The quantitative estimate of drug-likeness (QED) is 0.286. The number of amides is 1. The van der Waals surface area contributed by atoms with Crippen LogP contribution in [0, 0.1) is 10.1 Å². The van der Waals surface area contributed by atoms with Gasteiger partial charge in [-0.3, -0.25) is 14.9 Å². The molecule has 0 saturated heterocycles. The molecule has 3 rings (SSSR count). The van der Waals surface area contributed by atoms with E-state index in [2.05, 4.69) is 9.88 Å². The average molecular weight is 427 g/mol. The SMILES string of the molecule is COCCOc1cc([N+](=O)[O-])c(C(=O)NCCCn2ccc3ccccc32)cc1OC. The van der Waals surface area contributed by atoms with Gasteiger partial charge >= 0.3 is 0 Å². The van der Waals surface area contributed by atoms with Gasteiger partial charge in [0.15, 0.2) is 11.5 Å². The van der Waals surface area contributed by atoms with Crippen molar-refractivity contribution in [3.8, 4) is 11.5 Å². The van der Waals surface area contributed by atoms with Crippen molar-refractivity contribution in [2.75, 3.05) is 34.0 Å². The Morgan fingerprint density at radius 2 is 1.94 bits per heavy atom. The lowest BCUT2D eigenvalue weighted by Gasteiger charge is -2.13. The molecule has 0 unspecified atom stereocenters. The predicted molar refractivity (Wildman–Crippen MR) is 116 cm³/mol. The van der Waals surface area contributed by atoms with Gasteiger partial charge in [0.25, 0.3) is 11.6 Å². The number of rotatable bonds is 11. The number of carbonyl (C=O) groups is 1. The van der Waals surface area contributed by atoms with Gasteiger partial charge in [-0.25, -0.2) is 0 Å². The van der Waals surface area contributed by atoms with Crippen LogP contribution < -0.4 is 14.8 Å². The van der Waals surface area contributed by atoms with E-state index in [1.54, 1.807) is 0 Å². The van der Waals surface area contributed by atoms with Gasteiger partial charge in [0.05, 0.1) is 24.7 Å². The van der Waals surface area contributed by atoms with Crippen molar-refractivity contribution in [2.24, 2.45) is 0 Å². The Labute approximate surface area is 179 Å². The Morgan fingerprint density at radius 3 is 2.68 bits per heavy atom. The number of aromatic nitrogens is 1. The van der Waals surface area contributed by atoms with Crippen LogP contribution in [-0.4, -0.2) is 49.4 Å². The highest BCUT2D eigenvalue weighted by atomic mass is 16.6. The fourth-order valence-electron chi connectivity index (χ4n) is 3.27. The number of para-hydroxylation sites is 1. The average Bonchev–Trinajstić information content (AvgIpc) is 3.19. The fourth-order valence-corrected chi connectivity index (χ4v) is 3.27. The fraction of sp³-hybridized carbons (Fsp3) is 0.318. The Bertz CT molecular complexity index is 1060. The number of nitro groups is 1. The number of nitro benzene ring substituents is 1. The van der Waals surface area contributed by atoms with Crippen LogP contribution in [0.15, 0.2) is 48.7 Å². The molecule has 0 saturated carbocycles. The second kappa shape index (κ2) is 10.4. The van der Waals surface area contributed by atoms with Crippen molar-refractivity contribution in [1.82, 2.24) is 9.88 Å². The number of carbonyl (C=O) groups excluding carboxylic acids is 1. The van der Waals surface area contributed by atoms with Crippen molar-refractivity contribution in [3.05, 3.63) is 64.3 Å². The van der Waals surface area contributed by atoms with Gasteiger partial charge in [-0.15, -0.1) is 0 Å². The Hall–Kier alpha value is -3.59. The van der Waals surface area contributed by atoms with E-state index in [1.165, 1.54) is 26.4 Å². The van der Waals surface area contributed by atoms with Crippen LogP contribution in [-0.2, 0) is 11.3 Å². The zero-order valence-electron chi connectivity index (χ0n) is 17.5. The lowest BCUT2D eigenvalue weighted by Crippen LogP contribution is -2.26. The number of nitrogens with zero attached hydrogens (tertiary/aromatic N) is 2. The second-order valence-corrected chi connectivity index (χ2v) is 6.80. The number of fused-ring (bicyclic) bond motifs is 1. The van der Waals surface area contributed by atoms with Crippen molar-refractivity contribution in [3.63, 3.8) is 0 Å². The first-order chi connectivity index (χ1) is 15.0. The van der Waals surface area contributed by atoms with Crippen molar-refractivity contribution >= 4 is 22.5 Å². The molecule has 0 aliphatic carbocycles.